The van der Waals surface area contributed by atoms with Crippen molar-refractivity contribution in [1.82, 2.24) is 0 Å². The van der Waals surface area contributed by atoms with E-state index in [2.05, 4.69) is 0 Å². The summed E-state index contributed by atoms with van der Waals surface area (Å²) in [7, 11) is 0. The first kappa shape index (κ1) is 15.2. The summed E-state index contributed by atoms with van der Waals surface area (Å²) in [5.74, 6) is 0. The Morgan fingerprint density at radius 1 is 1.05 bits per heavy atom. The van der Waals surface area contributed by atoms with Crippen LogP contribution in [0.25, 0.3) is 0 Å². The van der Waals surface area contributed by atoms with Crippen molar-refractivity contribution in [3.8, 4) is 0 Å². The van der Waals surface area contributed by atoms with E-state index in [1.165, 1.54) is 12.8 Å². The fraction of sp³-hybridized carbons (Fsp3) is 0.533. The van der Waals surface area contributed by atoms with Crippen molar-refractivity contribution >= 4 is 47.4 Å². The molecule has 3 rings (SSSR count). The van der Waals surface area contributed by atoms with Crippen molar-refractivity contribution in [1.29, 1.82) is 0 Å². The van der Waals surface area contributed by atoms with Gasteiger partial charge in [-0.15, -0.1) is 0 Å². The van der Waals surface area contributed by atoms with Crippen molar-refractivity contribution in [2.45, 2.75) is 49.8 Å². The third-order valence-electron chi connectivity index (χ3n) is 5.01. The summed E-state index contributed by atoms with van der Waals surface area (Å²) in [5.41, 5.74) is 1.69. The summed E-state index contributed by atoms with van der Waals surface area (Å²) in [6.07, 6.45) is 7.10. The summed E-state index contributed by atoms with van der Waals surface area (Å²) >= 11 is 17.5. The molecule has 0 spiro atoms. The second kappa shape index (κ2) is 5.80. The number of hydrogen-bond acceptors (Lipinski definition) is 2. The molecule has 0 saturated carbocycles. The molecule has 1 aromatic rings. The molecule has 110 valence electrons. The minimum absolute atomic E-state index is 0.172. The Labute approximate surface area is 135 Å². The average Bonchev–Trinajstić information content (AvgIpc) is 2.37. The van der Waals surface area contributed by atoms with Gasteiger partial charge in [0.05, 0.1) is 0 Å². The van der Waals surface area contributed by atoms with Crippen LogP contribution in [0.3, 0.4) is 0 Å². The number of hydrogen-bond donors (Lipinski definition) is 1. The zero-order valence-corrected chi connectivity index (χ0v) is 14.6. The Balaban J connectivity index is 2.04. The van der Waals surface area contributed by atoms with Crippen LogP contribution in [0.2, 0.25) is 10.0 Å². The number of benzene rings is 1. The Morgan fingerprint density at radius 3 is 1.95 bits per heavy atom. The van der Waals surface area contributed by atoms with Crippen molar-refractivity contribution in [3.05, 3.63) is 33.8 Å². The van der Waals surface area contributed by atoms with Crippen molar-refractivity contribution in [2.75, 3.05) is 0 Å². The van der Waals surface area contributed by atoms with Crippen LogP contribution >= 0.6 is 41.9 Å². The van der Waals surface area contributed by atoms with Crippen LogP contribution in [-0.2, 0) is 0 Å². The number of halogens is 2. The Hall–Kier alpha value is 0.250. The molecule has 0 radical (unpaired) electrons. The van der Waals surface area contributed by atoms with Gasteiger partial charge in [-0.25, -0.2) is 0 Å². The summed E-state index contributed by atoms with van der Waals surface area (Å²) in [6.45, 7) is -2.30. The SMILES string of the molecule is O=C(c1c(Cl)cccc1Cl)[PH]1(S)C2CCCC1CCC2. The van der Waals surface area contributed by atoms with E-state index in [1.54, 1.807) is 18.2 Å². The maximum atomic E-state index is 13.2. The van der Waals surface area contributed by atoms with Gasteiger partial charge in [-0.1, -0.05) is 0 Å². The molecule has 2 heterocycles. The molecule has 0 N–H and O–H groups in total. The quantitative estimate of drug-likeness (QED) is 0.525. The van der Waals surface area contributed by atoms with Crippen LogP contribution in [0.15, 0.2) is 18.2 Å². The monoisotopic (exact) mass is 348 g/mol. The number of carbonyl (C=O) groups excluding carboxylic acids is 1. The zero-order chi connectivity index (χ0) is 14.3. The maximum absolute atomic E-state index is 13.2. The molecule has 5 heteroatoms. The van der Waals surface area contributed by atoms with Gasteiger partial charge in [-0.2, -0.15) is 0 Å². The van der Waals surface area contributed by atoms with E-state index in [4.69, 9.17) is 35.5 Å². The molecule has 0 aliphatic carbocycles. The van der Waals surface area contributed by atoms with E-state index in [0.29, 0.717) is 26.9 Å². The summed E-state index contributed by atoms with van der Waals surface area (Å²) in [5, 5.41) is 0.958. The van der Waals surface area contributed by atoms with Gasteiger partial charge in [0.25, 0.3) is 0 Å². The molecule has 2 saturated heterocycles. The third-order valence-corrected chi connectivity index (χ3v) is 13.1. The predicted molar refractivity (Wildman–Crippen MR) is 93.4 cm³/mol. The summed E-state index contributed by atoms with van der Waals surface area (Å²) in [6, 6.07) is 5.30. The number of rotatable bonds is 2. The normalized spacial score (nSPS) is 29.8. The van der Waals surface area contributed by atoms with E-state index < -0.39 is 6.46 Å². The second-order valence-electron chi connectivity index (χ2n) is 6.01. The van der Waals surface area contributed by atoms with Crippen LogP contribution in [0.1, 0.15) is 48.9 Å². The standard InChI is InChI=1S/C15H19Cl2OPS/c16-12-8-3-9-13(17)14(12)15(18)19(20)10-4-1-5-11(19)7-2-6-10/h3,8-11,19-20H,1-2,4-7H2. The topological polar surface area (TPSA) is 17.1 Å². The van der Waals surface area contributed by atoms with Crippen LogP contribution in [0, 0.1) is 0 Å². The molecular formula is C15H19Cl2OPS. The van der Waals surface area contributed by atoms with Gasteiger partial charge in [-0.05, 0) is 0 Å². The first-order chi connectivity index (χ1) is 9.55. The van der Waals surface area contributed by atoms with Gasteiger partial charge < -0.3 is 0 Å². The van der Waals surface area contributed by atoms with Gasteiger partial charge in [0.1, 0.15) is 0 Å². The molecule has 20 heavy (non-hydrogen) atoms. The predicted octanol–water partition coefficient (Wildman–Crippen LogP) is 5.83. The molecule has 2 bridgehead atoms. The third kappa shape index (κ3) is 2.33. The van der Waals surface area contributed by atoms with Crippen LogP contribution in [0.5, 0.6) is 0 Å². The molecule has 0 atom stereocenters. The van der Waals surface area contributed by atoms with Gasteiger partial charge in [0.2, 0.25) is 0 Å². The molecule has 0 amide bonds. The first-order valence-electron chi connectivity index (χ1n) is 7.26. The van der Waals surface area contributed by atoms with Crippen LogP contribution in [0.4, 0.5) is 0 Å². The Kier molecular flexibility index (Phi) is 4.40. The van der Waals surface area contributed by atoms with Gasteiger partial charge in [-0.3, -0.25) is 0 Å². The molecule has 2 aliphatic rings. The van der Waals surface area contributed by atoms with Crippen molar-refractivity contribution < 1.29 is 4.79 Å². The summed E-state index contributed by atoms with van der Waals surface area (Å²) in [4.78, 5) is 13.2. The van der Waals surface area contributed by atoms with Gasteiger partial charge in [0, 0.05) is 0 Å². The van der Waals surface area contributed by atoms with Gasteiger partial charge >= 0.3 is 136 Å². The molecule has 0 aromatic heterocycles. The van der Waals surface area contributed by atoms with E-state index in [0.717, 1.165) is 25.7 Å². The minimum atomic E-state index is -2.30. The van der Waals surface area contributed by atoms with Crippen LogP contribution < -0.4 is 0 Å². The Morgan fingerprint density at radius 2 is 1.50 bits per heavy atom. The van der Waals surface area contributed by atoms with Crippen molar-refractivity contribution in [2.24, 2.45) is 0 Å². The first-order valence-corrected chi connectivity index (χ1v) is 11.5. The summed E-state index contributed by atoms with van der Waals surface area (Å²) < 4.78 is 0. The van der Waals surface area contributed by atoms with Crippen molar-refractivity contribution in [3.63, 3.8) is 0 Å². The Bertz CT molecular complexity index is 506. The molecular weight excluding hydrogens is 330 g/mol. The molecule has 2 fully saturated rings. The van der Waals surface area contributed by atoms with E-state index in [-0.39, 0.29) is 5.52 Å². The fourth-order valence-corrected chi connectivity index (χ4v) is 11.3. The molecule has 2 aliphatic heterocycles. The van der Waals surface area contributed by atoms with E-state index >= 15 is 0 Å². The van der Waals surface area contributed by atoms with Crippen LogP contribution in [-0.4, -0.2) is 16.8 Å². The molecule has 0 unspecified atom stereocenters. The van der Waals surface area contributed by atoms with E-state index in [1.807, 2.05) is 0 Å². The molecule has 1 nitrogen and oxygen atoms in total. The van der Waals surface area contributed by atoms with Gasteiger partial charge in [0.15, 0.2) is 0 Å². The second-order valence-corrected chi connectivity index (χ2v) is 12.8. The average molecular weight is 349 g/mol. The number of carbonyl (C=O) groups is 1. The van der Waals surface area contributed by atoms with E-state index in [9.17, 15) is 4.79 Å². The number of fused-ring (bicyclic) bond motifs is 2. The number of thiol groups is 1. The fourth-order valence-electron chi connectivity index (χ4n) is 4.01. The zero-order valence-electron chi connectivity index (χ0n) is 11.2. The molecule has 1 aromatic carbocycles.